The third kappa shape index (κ3) is 2.33. The lowest BCUT2D eigenvalue weighted by Crippen LogP contribution is -2.24. The van der Waals surface area contributed by atoms with E-state index in [0.717, 1.165) is 12.8 Å². The Morgan fingerprint density at radius 1 is 1.41 bits per heavy atom. The van der Waals surface area contributed by atoms with Gasteiger partial charge >= 0.3 is 0 Å². The Hall–Kier alpha value is -0.620. The molecule has 2 rings (SSSR count). The van der Waals surface area contributed by atoms with Gasteiger partial charge in [0.05, 0.1) is 11.6 Å². The van der Waals surface area contributed by atoms with Gasteiger partial charge < -0.3 is 4.57 Å². The van der Waals surface area contributed by atoms with Crippen LogP contribution in [0.25, 0.3) is 0 Å². The fourth-order valence-corrected chi connectivity index (χ4v) is 4.39. The van der Waals surface area contributed by atoms with Crippen molar-refractivity contribution in [1.82, 2.24) is 14.8 Å². The van der Waals surface area contributed by atoms with Crippen molar-refractivity contribution in [3.05, 3.63) is 11.6 Å². The van der Waals surface area contributed by atoms with E-state index in [1.54, 1.807) is 0 Å². The van der Waals surface area contributed by atoms with E-state index in [1.807, 2.05) is 11.5 Å². The molecule has 2 heterocycles. The molecule has 1 aliphatic heterocycles. The Labute approximate surface area is 106 Å². The highest BCUT2D eigenvalue weighted by atomic mass is 35.5. The second-order valence-corrected chi connectivity index (χ2v) is 6.77. The third-order valence-electron chi connectivity index (χ3n) is 3.16. The molecular weight excluding hydrogens is 262 g/mol. The highest BCUT2D eigenvalue weighted by Gasteiger charge is 2.34. The summed E-state index contributed by atoms with van der Waals surface area (Å²) in [6, 6.07) is 0. The molecule has 17 heavy (non-hydrogen) atoms. The normalized spacial score (nSPS) is 23.8. The van der Waals surface area contributed by atoms with Gasteiger partial charge in [-0.05, 0) is 19.8 Å². The molecule has 0 aliphatic carbocycles. The highest BCUT2D eigenvalue weighted by Crippen LogP contribution is 2.32. The molecule has 1 aliphatic rings. The van der Waals surface area contributed by atoms with E-state index < -0.39 is 15.1 Å². The lowest BCUT2D eigenvalue weighted by Gasteiger charge is -2.22. The predicted octanol–water partition coefficient (Wildman–Crippen LogP) is 1.68. The van der Waals surface area contributed by atoms with Crippen LogP contribution in [0.2, 0.25) is 0 Å². The molecule has 0 spiro atoms. The zero-order valence-corrected chi connectivity index (χ0v) is 11.3. The van der Waals surface area contributed by atoms with E-state index in [4.69, 9.17) is 11.6 Å². The van der Waals surface area contributed by atoms with Crippen LogP contribution in [-0.4, -0.2) is 28.9 Å². The van der Waals surface area contributed by atoms with Crippen molar-refractivity contribution < 1.29 is 8.42 Å². The van der Waals surface area contributed by atoms with Crippen LogP contribution in [0.5, 0.6) is 0 Å². The maximum atomic E-state index is 12.0. The van der Waals surface area contributed by atoms with Crippen LogP contribution >= 0.6 is 11.6 Å². The first-order valence-corrected chi connectivity index (χ1v) is 8.04. The molecule has 0 amide bonds. The number of hydrogen-bond acceptors (Lipinski definition) is 4. The Kier molecular flexibility index (Phi) is 3.73. The SMILES string of the molecule is CCn1c(CCl)nnc1C1CCCCS1(=O)=O. The number of halogens is 1. The van der Waals surface area contributed by atoms with Gasteiger partial charge in [-0.15, -0.1) is 21.8 Å². The van der Waals surface area contributed by atoms with Crippen molar-refractivity contribution >= 4 is 21.4 Å². The van der Waals surface area contributed by atoms with Gasteiger partial charge in [-0.2, -0.15) is 0 Å². The quantitative estimate of drug-likeness (QED) is 0.789. The van der Waals surface area contributed by atoms with Crippen LogP contribution in [0.3, 0.4) is 0 Å². The van der Waals surface area contributed by atoms with Gasteiger partial charge in [0.1, 0.15) is 11.1 Å². The summed E-state index contributed by atoms with van der Waals surface area (Å²) in [5.74, 6) is 1.71. The van der Waals surface area contributed by atoms with Crippen molar-refractivity contribution in [3.8, 4) is 0 Å². The fourth-order valence-electron chi connectivity index (χ4n) is 2.28. The van der Waals surface area contributed by atoms with Crippen LogP contribution in [0.4, 0.5) is 0 Å². The first-order valence-electron chi connectivity index (χ1n) is 5.79. The van der Waals surface area contributed by atoms with E-state index in [2.05, 4.69) is 10.2 Å². The van der Waals surface area contributed by atoms with Gasteiger partial charge in [0.25, 0.3) is 0 Å². The van der Waals surface area contributed by atoms with Crippen molar-refractivity contribution in [2.75, 3.05) is 5.75 Å². The molecule has 1 saturated heterocycles. The topological polar surface area (TPSA) is 64.8 Å². The van der Waals surface area contributed by atoms with Gasteiger partial charge in [0.2, 0.25) is 0 Å². The molecule has 1 unspecified atom stereocenters. The minimum atomic E-state index is -3.07. The standard InChI is InChI=1S/C10H16ClN3O2S/c1-2-14-9(7-11)12-13-10(14)8-5-3-4-6-17(8,15)16/h8H,2-7H2,1H3. The largest absolute Gasteiger partial charge is 0.313 e. The van der Waals surface area contributed by atoms with Crippen molar-refractivity contribution in [3.63, 3.8) is 0 Å². The summed E-state index contributed by atoms with van der Waals surface area (Å²) < 4.78 is 25.9. The third-order valence-corrected chi connectivity index (χ3v) is 5.57. The second kappa shape index (κ2) is 4.94. The highest BCUT2D eigenvalue weighted by molar-refractivity contribution is 7.91. The molecule has 0 N–H and O–H groups in total. The van der Waals surface area contributed by atoms with Gasteiger partial charge in [-0.1, -0.05) is 6.42 Å². The molecule has 0 saturated carbocycles. The molecule has 7 heteroatoms. The molecule has 96 valence electrons. The zero-order valence-electron chi connectivity index (χ0n) is 9.76. The first kappa shape index (κ1) is 12.8. The number of sulfone groups is 1. The molecule has 1 aromatic heterocycles. The summed E-state index contributed by atoms with van der Waals surface area (Å²) in [6.07, 6.45) is 2.32. The Bertz CT molecular complexity index is 498. The molecule has 1 aromatic rings. The summed E-state index contributed by atoms with van der Waals surface area (Å²) in [4.78, 5) is 0. The molecule has 0 bridgehead atoms. The smallest absolute Gasteiger partial charge is 0.160 e. The van der Waals surface area contributed by atoms with Crippen LogP contribution < -0.4 is 0 Å². The number of nitrogens with zero attached hydrogens (tertiary/aromatic N) is 3. The predicted molar refractivity (Wildman–Crippen MR) is 65.6 cm³/mol. The minimum absolute atomic E-state index is 0.254. The van der Waals surface area contributed by atoms with E-state index in [-0.39, 0.29) is 11.6 Å². The van der Waals surface area contributed by atoms with Crippen molar-refractivity contribution in [2.24, 2.45) is 0 Å². The van der Waals surface area contributed by atoms with Gasteiger partial charge in [-0.3, -0.25) is 0 Å². The molecule has 0 radical (unpaired) electrons. The number of aromatic nitrogens is 3. The van der Waals surface area contributed by atoms with E-state index in [0.29, 0.717) is 24.6 Å². The number of alkyl halides is 1. The average Bonchev–Trinajstić information content (AvgIpc) is 2.70. The average molecular weight is 278 g/mol. The monoisotopic (exact) mass is 277 g/mol. The van der Waals surface area contributed by atoms with E-state index in [9.17, 15) is 8.42 Å². The maximum Gasteiger partial charge on any atom is 0.160 e. The minimum Gasteiger partial charge on any atom is -0.313 e. The summed E-state index contributed by atoms with van der Waals surface area (Å²) in [5, 5.41) is 7.49. The van der Waals surface area contributed by atoms with Crippen LogP contribution in [-0.2, 0) is 22.3 Å². The molecule has 0 aromatic carbocycles. The lowest BCUT2D eigenvalue weighted by molar-refractivity contribution is 0.526. The lowest BCUT2D eigenvalue weighted by atomic mass is 10.2. The molecular formula is C10H16ClN3O2S. The number of hydrogen-bond donors (Lipinski definition) is 0. The first-order chi connectivity index (χ1) is 8.10. The Morgan fingerprint density at radius 3 is 2.76 bits per heavy atom. The molecule has 1 fully saturated rings. The summed E-state index contributed by atoms with van der Waals surface area (Å²) in [6.45, 7) is 2.59. The van der Waals surface area contributed by atoms with Crippen molar-refractivity contribution in [1.29, 1.82) is 0 Å². The fraction of sp³-hybridized carbons (Fsp3) is 0.800. The van der Waals surface area contributed by atoms with Crippen molar-refractivity contribution in [2.45, 2.75) is 43.9 Å². The summed E-state index contributed by atoms with van der Waals surface area (Å²) in [7, 11) is -3.07. The second-order valence-electron chi connectivity index (χ2n) is 4.20. The summed E-state index contributed by atoms with van der Waals surface area (Å²) >= 11 is 5.76. The zero-order chi connectivity index (χ0) is 12.5. The van der Waals surface area contributed by atoms with E-state index in [1.165, 1.54) is 0 Å². The Morgan fingerprint density at radius 2 is 2.18 bits per heavy atom. The van der Waals surface area contributed by atoms with Gasteiger partial charge in [-0.25, -0.2) is 8.42 Å². The number of rotatable bonds is 3. The van der Waals surface area contributed by atoms with Gasteiger partial charge in [0.15, 0.2) is 15.7 Å². The van der Waals surface area contributed by atoms with Crippen LogP contribution in [0.15, 0.2) is 0 Å². The molecule has 1 atom stereocenters. The summed E-state index contributed by atoms with van der Waals surface area (Å²) in [5.41, 5.74) is 0. The van der Waals surface area contributed by atoms with Crippen LogP contribution in [0, 0.1) is 0 Å². The maximum absolute atomic E-state index is 12.0. The molecule has 5 nitrogen and oxygen atoms in total. The van der Waals surface area contributed by atoms with E-state index >= 15 is 0 Å². The van der Waals surface area contributed by atoms with Gasteiger partial charge in [0, 0.05) is 6.54 Å². The Balaban J connectivity index is 2.42. The van der Waals surface area contributed by atoms with Crippen LogP contribution in [0.1, 0.15) is 43.1 Å².